The maximum atomic E-state index is 12.8. The van der Waals surface area contributed by atoms with E-state index in [1.165, 1.54) is 0 Å². The number of likely N-dealkylation sites (tertiary alicyclic amines) is 1. The number of nitrogens with zero attached hydrogens (tertiary/aromatic N) is 1. The topological polar surface area (TPSA) is 40.5 Å². The summed E-state index contributed by atoms with van der Waals surface area (Å²) in [6, 6.07) is 0. The molecule has 0 aromatic carbocycles. The quantitative estimate of drug-likeness (QED) is 0.698. The predicted molar refractivity (Wildman–Crippen MR) is 42.5 cm³/mol. The molecule has 1 heterocycles. The third-order valence-electron chi connectivity index (χ3n) is 2.07. The first-order chi connectivity index (χ1) is 6.05. The number of aliphatic hydroxyl groups is 1. The summed E-state index contributed by atoms with van der Waals surface area (Å²) in [5.74, 6) is -3.13. The molecule has 0 unspecified atom stereocenters. The van der Waals surface area contributed by atoms with Crippen molar-refractivity contribution in [2.24, 2.45) is 0 Å². The zero-order valence-corrected chi connectivity index (χ0v) is 7.30. The van der Waals surface area contributed by atoms with Gasteiger partial charge in [-0.05, 0) is 6.42 Å². The van der Waals surface area contributed by atoms with E-state index in [1.54, 1.807) is 0 Å². The molecule has 1 aliphatic rings. The van der Waals surface area contributed by atoms with Crippen LogP contribution >= 0.6 is 0 Å². The molecular formula is C8H13F2NO2. The second-order valence-corrected chi connectivity index (χ2v) is 3.25. The molecule has 3 nitrogen and oxygen atoms in total. The van der Waals surface area contributed by atoms with Gasteiger partial charge < -0.3 is 10.0 Å². The lowest BCUT2D eigenvalue weighted by atomic mass is 10.1. The molecule has 0 bridgehead atoms. The van der Waals surface area contributed by atoms with Crippen molar-refractivity contribution in [1.82, 2.24) is 4.90 Å². The van der Waals surface area contributed by atoms with Gasteiger partial charge in [-0.1, -0.05) is 0 Å². The van der Waals surface area contributed by atoms with Gasteiger partial charge in [-0.25, -0.2) is 8.78 Å². The molecule has 1 aliphatic heterocycles. The second kappa shape index (κ2) is 4.00. The Hall–Kier alpha value is -0.710. The zero-order chi connectivity index (χ0) is 9.90. The van der Waals surface area contributed by atoms with Crippen LogP contribution in [0.5, 0.6) is 0 Å². The van der Waals surface area contributed by atoms with Crippen molar-refractivity contribution < 1.29 is 18.7 Å². The molecule has 0 aromatic heterocycles. The number of alkyl halides is 2. The maximum Gasteiger partial charge on any atom is 0.265 e. The Morgan fingerprint density at radius 3 is 2.77 bits per heavy atom. The molecular weight excluding hydrogens is 180 g/mol. The van der Waals surface area contributed by atoms with Gasteiger partial charge in [0.25, 0.3) is 5.92 Å². The van der Waals surface area contributed by atoms with Crippen molar-refractivity contribution in [3.63, 3.8) is 0 Å². The molecule has 76 valence electrons. The number of hydrogen-bond donors (Lipinski definition) is 1. The largest absolute Gasteiger partial charge is 0.396 e. The van der Waals surface area contributed by atoms with Crippen LogP contribution in [0.4, 0.5) is 8.78 Å². The Kier molecular flexibility index (Phi) is 3.19. The average molecular weight is 193 g/mol. The van der Waals surface area contributed by atoms with Gasteiger partial charge in [-0.3, -0.25) is 4.79 Å². The Bertz CT molecular complexity index is 197. The lowest BCUT2D eigenvalue weighted by molar-refractivity contribution is -0.142. The normalized spacial score (nSPS) is 21.6. The summed E-state index contributed by atoms with van der Waals surface area (Å²) in [4.78, 5) is 12.2. The van der Waals surface area contributed by atoms with E-state index in [1.807, 2.05) is 0 Å². The van der Waals surface area contributed by atoms with Crippen molar-refractivity contribution in [1.29, 1.82) is 0 Å². The summed E-state index contributed by atoms with van der Waals surface area (Å²) in [5, 5.41) is 8.46. The molecule has 1 fully saturated rings. The molecule has 1 amide bonds. The van der Waals surface area contributed by atoms with E-state index >= 15 is 0 Å². The van der Waals surface area contributed by atoms with Crippen molar-refractivity contribution in [3.05, 3.63) is 0 Å². The summed E-state index contributed by atoms with van der Waals surface area (Å²) in [5.41, 5.74) is 0. The molecule has 1 rings (SSSR count). The first-order valence-corrected chi connectivity index (χ1v) is 4.32. The third kappa shape index (κ3) is 2.91. The van der Waals surface area contributed by atoms with Gasteiger partial charge in [0, 0.05) is 19.4 Å². The Morgan fingerprint density at radius 1 is 1.54 bits per heavy atom. The average Bonchev–Trinajstić information content (AvgIpc) is 2.03. The molecule has 1 N–H and O–H groups in total. The first kappa shape index (κ1) is 10.4. The van der Waals surface area contributed by atoms with Crippen molar-refractivity contribution in [2.45, 2.75) is 25.2 Å². The Labute approximate surface area is 75.3 Å². The van der Waals surface area contributed by atoms with E-state index in [-0.39, 0.29) is 25.4 Å². The molecule has 5 heteroatoms. The molecule has 1 saturated heterocycles. The monoisotopic (exact) mass is 193 g/mol. The van der Waals surface area contributed by atoms with Crippen LogP contribution in [0, 0.1) is 0 Å². The van der Waals surface area contributed by atoms with Crippen molar-refractivity contribution >= 4 is 5.91 Å². The van der Waals surface area contributed by atoms with Crippen LogP contribution < -0.4 is 0 Å². The molecule has 0 saturated carbocycles. The van der Waals surface area contributed by atoms with E-state index in [9.17, 15) is 13.6 Å². The van der Waals surface area contributed by atoms with E-state index in [4.69, 9.17) is 5.11 Å². The van der Waals surface area contributed by atoms with Crippen LogP contribution in [0.2, 0.25) is 0 Å². The van der Waals surface area contributed by atoms with Gasteiger partial charge in [0.2, 0.25) is 5.91 Å². The lowest BCUT2D eigenvalue weighted by Crippen LogP contribution is -2.45. The number of amides is 1. The van der Waals surface area contributed by atoms with Crippen LogP contribution in [0.1, 0.15) is 19.3 Å². The summed E-state index contributed by atoms with van der Waals surface area (Å²) >= 11 is 0. The van der Waals surface area contributed by atoms with E-state index < -0.39 is 12.5 Å². The highest BCUT2D eigenvalue weighted by Crippen LogP contribution is 2.26. The molecule has 0 aromatic rings. The number of halogens is 2. The van der Waals surface area contributed by atoms with E-state index in [0.29, 0.717) is 13.0 Å². The Morgan fingerprint density at radius 2 is 2.23 bits per heavy atom. The standard InChI is InChI=1S/C8H13F2NO2/c9-8(10)3-1-4-11(6-8)7(13)2-5-12/h12H,1-6H2. The van der Waals surface area contributed by atoms with Gasteiger partial charge in [0.15, 0.2) is 0 Å². The second-order valence-electron chi connectivity index (χ2n) is 3.25. The summed E-state index contributed by atoms with van der Waals surface area (Å²) in [6.45, 7) is -0.388. The minimum Gasteiger partial charge on any atom is -0.396 e. The molecule has 0 aliphatic carbocycles. The smallest absolute Gasteiger partial charge is 0.265 e. The minimum atomic E-state index is -2.75. The van der Waals surface area contributed by atoms with Crippen LogP contribution in [0.3, 0.4) is 0 Å². The zero-order valence-electron chi connectivity index (χ0n) is 7.30. The molecule has 0 radical (unpaired) electrons. The highest BCUT2D eigenvalue weighted by Gasteiger charge is 2.36. The number of rotatable bonds is 2. The molecule has 13 heavy (non-hydrogen) atoms. The number of aliphatic hydroxyl groups excluding tert-OH is 1. The fourth-order valence-corrected chi connectivity index (χ4v) is 1.43. The predicted octanol–water partition coefficient (Wildman–Crippen LogP) is 0.626. The number of carbonyl (C=O) groups is 1. The third-order valence-corrected chi connectivity index (χ3v) is 2.07. The Balaban J connectivity index is 2.47. The molecule has 0 atom stereocenters. The summed E-state index contributed by atoms with van der Waals surface area (Å²) < 4.78 is 25.6. The van der Waals surface area contributed by atoms with Crippen LogP contribution in [-0.4, -0.2) is 41.5 Å². The fourth-order valence-electron chi connectivity index (χ4n) is 1.43. The number of carbonyl (C=O) groups excluding carboxylic acids is 1. The maximum absolute atomic E-state index is 12.8. The van der Waals surface area contributed by atoms with E-state index in [2.05, 4.69) is 0 Å². The van der Waals surface area contributed by atoms with Gasteiger partial charge in [0.1, 0.15) is 0 Å². The van der Waals surface area contributed by atoms with Gasteiger partial charge >= 0.3 is 0 Å². The number of hydrogen-bond acceptors (Lipinski definition) is 2. The van der Waals surface area contributed by atoms with Gasteiger partial charge in [-0.2, -0.15) is 0 Å². The van der Waals surface area contributed by atoms with Crippen molar-refractivity contribution in [3.8, 4) is 0 Å². The summed E-state index contributed by atoms with van der Waals surface area (Å²) in [7, 11) is 0. The van der Waals surface area contributed by atoms with Crippen LogP contribution in [-0.2, 0) is 4.79 Å². The lowest BCUT2D eigenvalue weighted by Gasteiger charge is -2.32. The SMILES string of the molecule is O=C(CCO)N1CCCC(F)(F)C1. The highest BCUT2D eigenvalue weighted by molar-refractivity contribution is 5.76. The van der Waals surface area contributed by atoms with Crippen LogP contribution in [0.15, 0.2) is 0 Å². The van der Waals surface area contributed by atoms with Crippen molar-refractivity contribution in [2.75, 3.05) is 19.7 Å². The van der Waals surface area contributed by atoms with E-state index in [0.717, 1.165) is 4.90 Å². The van der Waals surface area contributed by atoms with Gasteiger partial charge in [0.05, 0.1) is 13.2 Å². The summed E-state index contributed by atoms with van der Waals surface area (Å²) in [6.07, 6.45) is 0.135. The highest BCUT2D eigenvalue weighted by atomic mass is 19.3. The first-order valence-electron chi connectivity index (χ1n) is 4.32. The number of piperidine rings is 1. The molecule has 0 spiro atoms. The fraction of sp³-hybridized carbons (Fsp3) is 0.875. The minimum absolute atomic E-state index is 0.0594. The van der Waals surface area contributed by atoms with Gasteiger partial charge in [-0.15, -0.1) is 0 Å². The van der Waals surface area contributed by atoms with Crippen LogP contribution in [0.25, 0.3) is 0 Å².